The van der Waals surface area contributed by atoms with Gasteiger partial charge in [0.15, 0.2) is 0 Å². The van der Waals surface area contributed by atoms with Gasteiger partial charge in [-0.25, -0.2) is 18.0 Å². The van der Waals surface area contributed by atoms with E-state index in [0.29, 0.717) is 16.9 Å². The zero-order valence-electron chi connectivity index (χ0n) is 25.7. The molecule has 3 N–H and O–H groups in total. The fraction of sp³-hybridized carbons (Fsp3) is 0.257. The lowest BCUT2D eigenvalue weighted by atomic mass is 9.87. The number of fused-ring (bicyclic) bond motifs is 2. The Labute approximate surface area is 263 Å². The first-order valence-electron chi connectivity index (χ1n) is 14.7. The number of H-pyrrole nitrogens is 1. The lowest BCUT2D eigenvalue weighted by Crippen LogP contribution is -2.35. The fourth-order valence-electron chi connectivity index (χ4n) is 5.28. The van der Waals surface area contributed by atoms with Crippen LogP contribution in [0.15, 0.2) is 91.0 Å². The molecule has 1 atom stereocenters. The van der Waals surface area contributed by atoms with Crippen LogP contribution in [0.5, 0.6) is 0 Å². The topological polar surface area (TPSA) is 127 Å². The third kappa shape index (κ3) is 8.02. The molecule has 234 valence electrons. The van der Waals surface area contributed by atoms with Crippen molar-refractivity contribution >= 4 is 49.4 Å². The number of amides is 1. The Bertz CT molecular complexity index is 1950. The number of hydrogen-bond acceptors (Lipinski definition) is 6. The predicted octanol–water partition coefficient (Wildman–Crippen LogP) is 7.10. The van der Waals surface area contributed by atoms with E-state index >= 15 is 0 Å². The molecule has 5 aromatic rings. The number of esters is 1. The minimum absolute atomic E-state index is 0.163. The van der Waals surface area contributed by atoms with Crippen LogP contribution in [-0.4, -0.2) is 44.2 Å². The number of carbonyl (C=O) groups is 2. The van der Waals surface area contributed by atoms with Gasteiger partial charge >= 0.3 is 12.1 Å². The molecular weight excluding hydrogens is 590 g/mol. The number of ether oxygens (including phenoxy) is 2. The van der Waals surface area contributed by atoms with Crippen molar-refractivity contribution in [3.63, 3.8) is 0 Å². The van der Waals surface area contributed by atoms with Gasteiger partial charge in [0.25, 0.3) is 0 Å². The molecule has 0 fully saturated rings. The maximum Gasteiger partial charge on any atom is 0.407 e. The first kappa shape index (κ1) is 31.6. The molecule has 10 heteroatoms. The van der Waals surface area contributed by atoms with E-state index in [9.17, 15) is 18.0 Å². The van der Waals surface area contributed by atoms with Crippen molar-refractivity contribution < 1.29 is 27.5 Å². The second kappa shape index (κ2) is 13.0. The van der Waals surface area contributed by atoms with Gasteiger partial charge in [-0.05, 0) is 79.4 Å². The van der Waals surface area contributed by atoms with Gasteiger partial charge in [0.05, 0.1) is 12.4 Å². The number of nitrogens with one attached hydrogen (secondary N) is 3. The van der Waals surface area contributed by atoms with E-state index in [2.05, 4.69) is 15.0 Å². The second-order valence-electron chi connectivity index (χ2n) is 11.8. The zero-order chi connectivity index (χ0) is 32.2. The minimum atomic E-state index is -3.74. The summed E-state index contributed by atoms with van der Waals surface area (Å²) in [6.07, 6.45) is -0.568. The van der Waals surface area contributed by atoms with Crippen molar-refractivity contribution in [3.05, 3.63) is 113 Å². The molecule has 45 heavy (non-hydrogen) atoms. The maximum absolute atomic E-state index is 13.2. The molecule has 1 amide bonds. The molecule has 0 saturated heterocycles. The lowest BCUT2D eigenvalue weighted by molar-refractivity contribution is 0.0512. The van der Waals surface area contributed by atoms with E-state index in [0.717, 1.165) is 32.8 Å². The Hall–Kier alpha value is -4.83. The first-order valence-corrected chi connectivity index (χ1v) is 16.4. The van der Waals surface area contributed by atoms with Crippen molar-refractivity contribution in [2.24, 2.45) is 0 Å². The smallest absolute Gasteiger partial charge is 0.407 e. The Morgan fingerprint density at radius 3 is 2.36 bits per heavy atom. The molecule has 1 unspecified atom stereocenters. The molecule has 0 aliphatic carbocycles. The third-order valence-electron chi connectivity index (χ3n) is 7.14. The minimum Gasteiger partial charge on any atom is -0.461 e. The lowest BCUT2D eigenvalue weighted by Gasteiger charge is -2.24. The summed E-state index contributed by atoms with van der Waals surface area (Å²) in [5.74, 6) is -1.04. The van der Waals surface area contributed by atoms with Crippen LogP contribution in [0.25, 0.3) is 21.7 Å². The van der Waals surface area contributed by atoms with Gasteiger partial charge in [0, 0.05) is 29.1 Å². The highest BCUT2D eigenvalue weighted by atomic mass is 32.2. The average molecular weight is 628 g/mol. The second-order valence-corrected chi connectivity index (χ2v) is 13.5. The summed E-state index contributed by atoms with van der Waals surface area (Å²) < 4.78 is 39.9. The maximum atomic E-state index is 13.2. The summed E-state index contributed by atoms with van der Waals surface area (Å²) in [6, 6.07) is 27.8. The number of aromatic amines is 1. The van der Waals surface area contributed by atoms with Crippen LogP contribution >= 0.6 is 0 Å². The zero-order valence-corrected chi connectivity index (χ0v) is 26.5. The number of hydrogen-bond donors (Lipinski definition) is 3. The fourth-order valence-corrected chi connectivity index (χ4v) is 6.46. The van der Waals surface area contributed by atoms with Gasteiger partial charge in [0.1, 0.15) is 11.3 Å². The SMILES string of the molecule is CCOC(=O)c1cc2ccc(C(CNC(=O)OC(C)(C)C)c3cc(NS(=O)(=O)Cc4ccccc4)cc4ccccc34)cc2[nH]1. The molecule has 0 saturated carbocycles. The summed E-state index contributed by atoms with van der Waals surface area (Å²) >= 11 is 0. The van der Waals surface area contributed by atoms with Crippen molar-refractivity contribution in [2.45, 2.75) is 45.0 Å². The third-order valence-corrected chi connectivity index (χ3v) is 8.40. The average Bonchev–Trinajstić information content (AvgIpc) is 3.40. The number of benzene rings is 4. The van der Waals surface area contributed by atoms with Gasteiger partial charge in [-0.1, -0.05) is 66.7 Å². The summed E-state index contributed by atoms with van der Waals surface area (Å²) in [5, 5.41) is 5.47. The molecule has 1 aromatic heterocycles. The molecule has 0 aliphatic heterocycles. The van der Waals surface area contributed by atoms with Crippen molar-refractivity contribution in [3.8, 4) is 0 Å². The quantitative estimate of drug-likeness (QED) is 0.142. The van der Waals surface area contributed by atoms with Gasteiger partial charge in [-0.15, -0.1) is 0 Å². The van der Waals surface area contributed by atoms with Crippen LogP contribution < -0.4 is 10.0 Å². The highest BCUT2D eigenvalue weighted by Gasteiger charge is 2.23. The van der Waals surface area contributed by atoms with Crippen LogP contribution in [0.1, 0.15) is 60.8 Å². The first-order chi connectivity index (χ1) is 21.4. The number of carbonyl (C=O) groups excluding carboxylic acids is 2. The van der Waals surface area contributed by atoms with Gasteiger partial charge in [-0.3, -0.25) is 4.72 Å². The van der Waals surface area contributed by atoms with Crippen LogP contribution in [0, 0.1) is 0 Å². The Morgan fingerprint density at radius 2 is 1.62 bits per heavy atom. The van der Waals surface area contributed by atoms with Crippen LogP contribution in [0.2, 0.25) is 0 Å². The summed E-state index contributed by atoms with van der Waals surface area (Å²) in [5.41, 5.74) is 3.10. The molecule has 9 nitrogen and oxygen atoms in total. The van der Waals surface area contributed by atoms with Crippen LogP contribution in [0.4, 0.5) is 10.5 Å². The van der Waals surface area contributed by atoms with E-state index in [1.807, 2.05) is 54.6 Å². The van der Waals surface area contributed by atoms with E-state index in [1.54, 1.807) is 64.1 Å². The Balaban J connectivity index is 1.57. The molecule has 0 radical (unpaired) electrons. The summed E-state index contributed by atoms with van der Waals surface area (Å²) in [7, 11) is -3.74. The number of alkyl carbamates (subject to hydrolysis) is 1. The Morgan fingerprint density at radius 1 is 0.889 bits per heavy atom. The standard InChI is InChI=1S/C35H37N3O6S/c1-5-43-33(39)32-19-26-16-15-25(18-31(26)37-32)30(21-36-34(40)44-35(2,3)4)29-20-27(17-24-13-9-10-14-28(24)29)38-45(41,42)22-23-11-7-6-8-12-23/h6-20,30,37-38H,5,21-22H2,1-4H3,(H,36,40). The van der Waals surface area contributed by atoms with Gasteiger partial charge < -0.3 is 19.8 Å². The van der Waals surface area contributed by atoms with Gasteiger partial charge in [-0.2, -0.15) is 0 Å². The van der Waals surface area contributed by atoms with Gasteiger partial charge in [0.2, 0.25) is 10.0 Å². The molecule has 0 aliphatic rings. The van der Waals surface area contributed by atoms with E-state index in [4.69, 9.17) is 9.47 Å². The van der Waals surface area contributed by atoms with Crippen molar-refractivity contribution in [1.82, 2.24) is 10.3 Å². The number of rotatable bonds is 10. The van der Waals surface area contributed by atoms with E-state index in [1.165, 1.54) is 0 Å². The van der Waals surface area contributed by atoms with E-state index < -0.39 is 33.6 Å². The van der Waals surface area contributed by atoms with Crippen LogP contribution in [0.3, 0.4) is 0 Å². The molecular formula is C35H37N3O6S. The molecule has 1 heterocycles. The molecule has 0 spiro atoms. The Kier molecular flexibility index (Phi) is 9.15. The largest absolute Gasteiger partial charge is 0.461 e. The highest BCUT2D eigenvalue weighted by molar-refractivity contribution is 7.91. The predicted molar refractivity (Wildman–Crippen MR) is 177 cm³/mol. The van der Waals surface area contributed by atoms with Crippen molar-refractivity contribution in [2.75, 3.05) is 17.9 Å². The summed E-state index contributed by atoms with van der Waals surface area (Å²) in [6.45, 7) is 7.56. The van der Waals surface area contributed by atoms with Crippen LogP contribution in [-0.2, 0) is 25.2 Å². The van der Waals surface area contributed by atoms with E-state index in [-0.39, 0.29) is 18.9 Å². The molecule has 4 aromatic carbocycles. The summed E-state index contributed by atoms with van der Waals surface area (Å²) in [4.78, 5) is 28.3. The monoisotopic (exact) mass is 627 g/mol. The molecule has 5 rings (SSSR count). The number of aromatic nitrogens is 1. The van der Waals surface area contributed by atoms with Crippen molar-refractivity contribution in [1.29, 1.82) is 0 Å². The molecule has 0 bridgehead atoms. The number of sulfonamides is 1. The highest BCUT2D eigenvalue weighted by Crippen LogP contribution is 2.35. The number of anilines is 1. The normalized spacial score (nSPS) is 12.5.